The van der Waals surface area contributed by atoms with Gasteiger partial charge in [-0.1, -0.05) is 34.8 Å². The Balaban J connectivity index is 1.84. The van der Waals surface area contributed by atoms with Gasteiger partial charge < -0.3 is 10.2 Å². The van der Waals surface area contributed by atoms with Crippen LogP contribution in [0.3, 0.4) is 0 Å². The van der Waals surface area contributed by atoms with Crippen LogP contribution in [0.5, 0.6) is 0 Å². The molecule has 1 atom stereocenters. The standard InChI is InChI=1S/C17H21BrN2O2/c1-19-15(21)14-10-20(11-17(14)7-2-3-8-17)16(22)12-5-4-6-13(18)9-12/h4-6,9,14H,2-3,7-8,10-11H2,1H3,(H,19,21)/t14-/m1/s1. The van der Waals surface area contributed by atoms with Gasteiger partial charge in [0.15, 0.2) is 0 Å². The zero-order valence-electron chi connectivity index (χ0n) is 12.8. The molecule has 1 saturated carbocycles. The SMILES string of the molecule is CNC(=O)[C@H]1CN(C(=O)c2cccc(Br)c2)CC12CCCC2. The predicted octanol–water partition coefficient (Wildman–Crippen LogP) is 2.83. The Morgan fingerprint density at radius 1 is 1.32 bits per heavy atom. The lowest BCUT2D eigenvalue weighted by Gasteiger charge is -2.28. The van der Waals surface area contributed by atoms with Crippen molar-refractivity contribution < 1.29 is 9.59 Å². The molecule has 1 aromatic carbocycles. The molecule has 1 aliphatic carbocycles. The quantitative estimate of drug-likeness (QED) is 0.876. The highest BCUT2D eigenvalue weighted by atomic mass is 79.9. The van der Waals surface area contributed by atoms with Gasteiger partial charge >= 0.3 is 0 Å². The number of nitrogens with one attached hydrogen (secondary N) is 1. The van der Waals surface area contributed by atoms with Crippen LogP contribution in [-0.4, -0.2) is 36.9 Å². The van der Waals surface area contributed by atoms with E-state index in [2.05, 4.69) is 21.2 Å². The Labute approximate surface area is 139 Å². The van der Waals surface area contributed by atoms with Crippen molar-refractivity contribution in [2.75, 3.05) is 20.1 Å². The molecule has 118 valence electrons. The molecule has 1 saturated heterocycles. The number of rotatable bonds is 2. The molecule has 2 aliphatic rings. The molecule has 22 heavy (non-hydrogen) atoms. The number of amides is 2. The molecule has 0 unspecified atom stereocenters. The first-order valence-electron chi connectivity index (χ1n) is 7.82. The summed E-state index contributed by atoms with van der Waals surface area (Å²) in [5, 5.41) is 2.78. The molecule has 5 heteroatoms. The van der Waals surface area contributed by atoms with Gasteiger partial charge in [-0.3, -0.25) is 9.59 Å². The topological polar surface area (TPSA) is 49.4 Å². The van der Waals surface area contributed by atoms with Crippen molar-refractivity contribution in [1.82, 2.24) is 10.2 Å². The summed E-state index contributed by atoms with van der Waals surface area (Å²) in [5.41, 5.74) is 0.668. The van der Waals surface area contributed by atoms with Crippen LogP contribution in [0.15, 0.2) is 28.7 Å². The molecular formula is C17H21BrN2O2. The van der Waals surface area contributed by atoms with Crippen molar-refractivity contribution in [2.45, 2.75) is 25.7 Å². The van der Waals surface area contributed by atoms with Gasteiger partial charge in [0.1, 0.15) is 0 Å². The minimum absolute atomic E-state index is 0.0121. The molecule has 2 amide bonds. The molecule has 1 aliphatic heterocycles. The summed E-state index contributed by atoms with van der Waals surface area (Å²) in [7, 11) is 1.68. The van der Waals surface area contributed by atoms with Crippen molar-refractivity contribution in [3.8, 4) is 0 Å². The Morgan fingerprint density at radius 3 is 2.68 bits per heavy atom. The minimum Gasteiger partial charge on any atom is -0.359 e. The third-order valence-corrected chi connectivity index (χ3v) is 5.66. The first-order chi connectivity index (χ1) is 10.6. The molecular weight excluding hydrogens is 344 g/mol. The van der Waals surface area contributed by atoms with Crippen LogP contribution in [0.1, 0.15) is 36.0 Å². The smallest absolute Gasteiger partial charge is 0.253 e. The van der Waals surface area contributed by atoms with Crippen LogP contribution in [-0.2, 0) is 4.79 Å². The fourth-order valence-electron chi connectivity index (χ4n) is 4.05. The number of hydrogen-bond donors (Lipinski definition) is 1. The second-order valence-corrected chi connectivity index (χ2v) is 7.35. The first kappa shape index (κ1) is 15.5. The number of nitrogens with zero attached hydrogens (tertiary/aromatic N) is 1. The summed E-state index contributed by atoms with van der Waals surface area (Å²) in [4.78, 5) is 26.9. The van der Waals surface area contributed by atoms with Gasteiger partial charge in [0.05, 0.1) is 5.92 Å². The van der Waals surface area contributed by atoms with E-state index in [0.717, 1.165) is 30.2 Å². The maximum absolute atomic E-state index is 12.8. The molecule has 1 heterocycles. The fourth-order valence-corrected chi connectivity index (χ4v) is 4.45. The monoisotopic (exact) mass is 364 g/mol. The van der Waals surface area contributed by atoms with Crippen LogP contribution >= 0.6 is 15.9 Å². The lowest BCUT2D eigenvalue weighted by atomic mass is 9.76. The van der Waals surface area contributed by atoms with Gasteiger partial charge in [-0.2, -0.15) is 0 Å². The number of hydrogen-bond acceptors (Lipinski definition) is 2. The molecule has 0 radical (unpaired) electrons. The van der Waals surface area contributed by atoms with Gasteiger partial charge in [0, 0.05) is 35.6 Å². The average Bonchev–Trinajstić information content (AvgIpc) is 3.14. The zero-order chi connectivity index (χ0) is 15.7. The number of carbonyl (C=O) groups is 2. The molecule has 1 spiro atoms. The fraction of sp³-hybridized carbons (Fsp3) is 0.529. The highest BCUT2D eigenvalue weighted by Crippen LogP contribution is 2.49. The van der Waals surface area contributed by atoms with E-state index in [1.807, 2.05) is 29.2 Å². The van der Waals surface area contributed by atoms with Crippen LogP contribution in [0.4, 0.5) is 0 Å². The summed E-state index contributed by atoms with van der Waals surface area (Å²) < 4.78 is 0.899. The zero-order valence-corrected chi connectivity index (χ0v) is 14.4. The number of carbonyl (C=O) groups excluding carboxylic acids is 2. The van der Waals surface area contributed by atoms with Crippen molar-refractivity contribution in [1.29, 1.82) is 0 Å². The van der Waals surface area contributed by atoms with E-state index in [1.54, 1.807) is 7.05 Å². The lowest BCUT2D eigenvalue weighted by molar-refractivity contribution is -0.127. The van der Waals surface area contributed by atoms with Crippen molar-refractivity contribution in [2.24, 2.45) is 11.3 Å². The molecule has 0 aromatic heterocycles. The Morgan fingerprint density at radius 2 is 2.05 bits per heavy atom. The molecule has 3 rings (SSSR count). The normalized spacial score (nSPS) is 23.0. The van der Waals surface area contributed by atoms with E-state index in [0.29, 0.717) is 18.7 Å². The summed E-state index contributed by atoms with van der Waals surface area (Å²) >= 11 is 3.41. The van der Waals surface area contributed by atoms with E-state index in [9.17, 15) is 9.59 Å². The third-order valence-electron chi connectivity index (χ3n) is 5.17. The highest BCUT2D eigenvalue weighted by Gasteiger charge is 2.52. The number of likely N-dealkylation sites (tertiary alicyclic amines) is 1. The predicted molar refractivity (Wildman–Crippen MR) is 88.5 cm³/mol. The maximum Gasteiger partial charge on any atom is 0.253 e. The van der Waals surface area contributed by atoms with Crippen LogP contribution < -0.4 is 5.32 Å². The van der Waals surface area contributed by atoms with Crippen molar-refractivity contribution in [3.05, 3.63) is 34.3 Å². The van der Waals surface area contributed by atoms with Crippen LogP contribution in [0.25, 0.3) is 0 Å². The molecule has 0 bridgehead atoms. The second kappa shape index (κ2) is 6.03. The van der Waals surface area contributed by atoms with Crippen molar-refractivity contribution in [3.63, 3.8) is 0 Å². The van der Waals surface area contributed by atoms with Gasteiger partial charge in [0.25, 0.3) is 5.91 Å². The largest absolute Gasteiger partial charge is 0.359 e. The van der Waals surface area contributed by atoms with Gasteiger partial charge in [-0.15, -0.1) is 0 Å². The Hall–Kier alpha value is -1.36. The summed E-state index contributed by atoms with van der Waals surface area (Å²) in [6, 6.07) is 7.46. The van der Waals surface area contributed by atoms with E-state index < -0.39 is 0 Å². The molecule has 2 fully saturated rings. The highest BCUT2D eigenvalue weighted by molar-refractivity contribution is 9.10. The molecule has 1 N–H and O–H groups in total. The first-order valence-corrected chi connectivity index (χ1v) is 8.61. The summed E-state index contributed by atoms with van der Waals surface area (Å²) in [5.74, 6) is 0.0292. The second-order valence-electron chi connectivity index (χ2n) is 6.43. The number of halogens is 1. The van der Waals surface area contributed by atoms with Crippen LogP contribution in [0.2, 0.25) is 0 Å². The van der Waals surface area contributed by atoms with Crippen molar-refractivity contribution >= 4 is 27.7 Å². The van der Waals surface area contributed by atoms with E-state index in [-0.39, 0.29) is 23.1 Å². The van der Waals surface area contributed by atoms with E-state index in [4.69, 9.17) is 0 Å². The van der Waals surface area contributed by atoms with Gasteiger partial charge in [-0.05, 0) is 31.0 Å². The van der Waals surface area contributed by atoms with E-state index in [1.165, 1.54) is 0 Å². The number of benzene rings is 1. The Bertz CT molecular complexity index is 596. The molecule has 1 aromatic rings. The summed E-state index contributed by atoms with van der Waals surface area (Å²) in [6.07, 6.45) is 4.42. The third kappa shape index (κ3) is 2.67. The minimum atomic E-state index is -0.0731. The van der Waals surface area contributed by atoms with Gasteiger partial charge in [-0.25, -0.2) is 0 Å². The Kier molecular flexibility index (Phi) is 4.26. The van der Waals surface area contributed by atoms with Gasteiger partial charge in [0.2, 0.25) is 5.91 Å². The average molecular weight is 365 g/mol. The summed E-state index contributed by atoms with van der Waals surface area (Å²) in [6.45, 7) is 1.24. The molecule has 4 nitrogen and oxygen atoms in total. The van der Waals surface area contributed by atoms with Crippen LogP contribution in [0, 0.1) is 11.3 Å². The lowest BCUT2D eigenvalue weighted by Crippen LogP contribution is -2.38. The van der Waals surface area contributed by atoms with E-state index >= 15 is 0 Å². The maximum atomic E-state index is 12.8.